The predicted octanol–water partition coefficient (Wildman–Crippen LogP) is 7.92. The fourth-order valence-corrected chi connectivity index (χ4v) is 14.1. The second-order valence-electron chi connectivity index (χ2n) is 32.9. The number of benzene rings is 4. The maximum absolute atomic E-state index is 14.6. The average Bonchev–Trinajstić information content (AvgIpc) is 0.793. The zero-order chi connectivity index (χ0) is 87.7. The molecule has 2 saturated heterocycles. The van der Waals surface area contributed by atoms with Crippen LogP contribution in [0.2, 0.25) is 0 Å². The average molecular weight is 1660 g/mol. The number of ketones is 2. The first-order valence-electron chi connectivity index (χ1n) is 41.1. The molecule has 2 aliphatic heterocycles. The molecule has 120 heavy (non-hydrogen) atoms. The Labute approximate surface area is 703 Å². The molecule has 0 aliphatic carbocycles. The third kappa shape index (κ3) is 31.0. The number of alkyl carbamates (subject to hydrolysis) is 1. The highest BCUT2D eigenvalue weighted by atomic mass is 16.6. The maximum Gasteiger partial charge on any atom is 0.414 e. The van der Waals surface area contributed by atoms with E-state index < -0.39 is 118 Å². The van der Waals surface area contributed by atoms with Crippen molar-refractivity contribution in [2.75, 3.05) is 51.4 Å². The van der Waals surface area contributed by atoms with Gasteiger partial charge in [0, 0.05) is 94.4 Å². The van der Waals surface area contributed by atoms with Crippen molar-refractivity contribution in [3.05, 3.63) is 179 Å². The highest BCUT2D eigenvalue weighted by Crippen LogP contribution is 2.29. The van der Waals surface area contributed by atoms with Crippen molar-refractivity contribution in [1.82, 2.24) is 56.3 Å². The number of hydrogen-bond acceptors (Lipinski definition) is 23. The first-order chi connectivity index (χ1) is 57.0. The molecule has 2 aliphatic rings. The van der Waals surface area contributed by atoms with Crippen LogP contribution in [-0.2, 0) is 105 Å². The first-order valence-corrected chi connectivity index (χ1v) is 41.1. The first kappa shape index (κ1) is 95.5. The molecule has 4 heterocycles. The molecule has 2 aromatic heterocycles. The van der Waals surface area contributed by atoms with Gasteiger partial charge in [-0.15, -0.1) is 0 Å². The third-order valence-electron chi connectivity index (χ3n) is 20.8. The van der Waals surface area contributed by atoms with Crippen LogP contribution in [0, 0.1) is 17.8 Å². The number of amides is 8. The van der Waals surface area contributed by atoms with Crippen molar-refractivity contribution < 1.29 is 76.5 Å². The summed E-state index contributed by atoms with van der Waals surface area (Å²) in [5, 5.41) is 16.9. The lowest BCUT2D eigenvalue weighted by Gasteiger charge is -2.41. The summed E-state index contributed by atoms with van der Waals surface area (Å²) in [5.74, 6) is -6.54. The molecule has 12 N–H and O–H groups in total. The number of nitrogens with two attached hydrogens (primary N) is 3. The number of carbonyl (C=O) groups is 12. The van der Waals surface area contributed by atoms with Crippen LogP contribution in [0.1, 0.15) is 173 Å². The molecule has 0 radical (unpaired) electrons. The van der Waals surface area contributed by atoms with Crippen LogP contribution in [0.15, 0.2) is 146 Å². The number of methoxy groups -OCH3 is 2. The molecule has 2 fully saturated rings. The smallest absolute Gasteiger partial charge is 0.414 e. The van der Waals surface area contributed by atoms with E-state index >= 15 is 0 Å². The van der Waals surface area contributed by atoms with E-state index in [1.54, 1.807) is 46.4 Å². The van der Waals surface area contributed by atoms with E-state index in [2.05, 4.69) is 51.8 Å². The maximum atomic E-state index is 14.6. The number of aromatic nitrogens is 4. The van der Waals surface area contributed by atoms with Gasteiger partial charge in [-0.25, -0.2) is 34.3 Å². The second-order valence-corrected chi connectivity index (χ2v) is 32.9. The van der Waals surface area contributed by atoms with Crippen molar-refractivity contribution >= 4 is 83.0 Å². The van der Waals surface area contributed by atoms with Gasteiger partial charge in [0.1, 0.15) is 34.4 Å². The number of unbranched alkanes of at least 4 members (excludes halogenated alkanes) is 2. The van der Waals surface area contributed by atoms with Gasteiger partial charge in [0.05, 0.1) is 32.3 Å². The molecule has 8 rings (SSSR count). The van der Waals surface area contributed by atoms with E-state index in [0.29, 0.717) is 49.7 Å². The highest BCUT2D eigenvalue weighted by Gasteiger charge is 2.47. The Morgan fingerprint density at radius 3 is 1.22 bits per heavy atom. The fraction of sp³-hybridized carbons (Fsp3) is 0.506. The van der Waals surface area contributed by atoms with Gasteiger partial charge in [-0.3, -0.25) is 48.5 Å². The molecule has 0 spiro atoms. The minimum Gasteiger partial charge on any atom is -0.468 e. The normalized spacial score (nSPS) is 15.7. The Bertz CT molecular complexity index is 4350. The van der Waals surface area contributed by atoms with E-state index in [-0.39, 0.29) is 126 Å². The SMILES string of the molecule is CCCC[C@@H](CC(=O)[C@@H](Cc1ccccc1)NC(=O)[C@H](C)Cc1ccccc1)C(=O)N[C@H](Cc1cnc(NC(=O)OC(C)(C)C)nc1)C(=O)N1CCC(NC(=O)OC(C)(C)C)(C(=O)OC)CC1.CCCC[C@@H](CC(=O)[C@@H](Cc1ccccc1)NC(=O)[C@H](N)Cc1ccccc1)C(=O)N[C@H](Cc1cnc(N)nc1)C(=O)N1CCC(N)(C(=O)OC)CC1. The molecular weight excluding hydrogens is 1540 g/mol. The van der Waals surface area contributed by atoms with Gasteiger partial charge in [-0.1, -0.05) is 168 Å². The van der Waals surface area contributed by atoms with Gasteiger partial charge in [-0.2, -0.15) is 0 Å². The summed E-state index contributed by atoms with van der Waals surface area (Å²) in [6.45, 7) is 16.4. The molecular formula is C89H121N15O16. The van der Waals surface area contributed by atoms with Gasteiger partial charge >= 0.3 is 24.1 Å². The topological polar surface area (TPSA) is 450 Å². The molecule has 31 heteroatoms. The number of likely N-dealkylation sites (tertiary alicyclic amines) is 2. The Kier molecular flexibility index (Phi) is 36.7. The molecule has 6 aromatic rings. The number of nitrogen functional groups attached to an aromatic ring is 1. The number of piperidine rings is 2. The van der Waals surface area contributed by atoms with E-state index in [1.165, 1.54) is 43.9 Å². The van der Waals surface area contributed by atoms with Crippen LogP contribution >= 0.6 is 0 Å². The van der Waals surface area contributed by atoms with Gasteiger partial charge in [0.2, 0.25) is 47.3 Å². The number of hydrogen-bond donors (Lipinski definition) is 9. The number of rotatable bonds is 38. The lowest BCUT2D eigenvalue weighted by molar-refractivity contribution is -0.153. The fourth-order valence-electron chi connectivity index (χ4n) is 14.1. The quantitative estimate of drug-likeness (QED) is 0.0131. The minimum absolute atomic E-state index is 0.00660. The largest absolute Gasteiger partial charge is 0.468 e. The van der Waals surface area contributed by atoms with E-state index in [0.717, 1.165) is 35.1 Å². The van der Waals surface area contributed by atoms with E-state index in [4.69, 9.17) is 36.1 Å². The molecule has 648 valence electrons. The van der Waals surface area contributed by atoms with Crippen LogP contribution in [-0.4, -0.2) is 194 Å². The summed E-state index contributed by atoms with van der Waals surface area (Å²) in [5.41, 5.74) is 18.5. The number of nitrogens with one attached hydrogen (secondary N) is 6. The summed E-state index contributed by atoms with van der Waals surface area (Å²) in [6.07, 6.45) is 8.93. The van der Waals surface area contributed by atoms with E-state index in [1.807, 2.05) is 142 Å². The number of nitrogens with zero attached hydrogens (tertiary/aromatic N) is 6. The minimum atomic E-state index is -1.48. The highest BCUT2D eigenvalue weighted by molar-refractivity contribution is 5.97. The van der Waals surface area contributed by atoms with Gasteiger partial charge < -0.3 is 72.5 Å². The van der Waals surface area contributed by atoms with Gasteiger partial charge in [0.15, 0.2) is 11.6 Å². The number of anilines is 2. The number of Topliss-reactive ketones (excluding diaryl/α,β-unsaturated/α-hetero) is 2. The van der Waals surface area contributed by atoms with Crippen LogP contribution in [0.4, 0.5) is 21.5 Å². The summed E-state index contributed by atoms with van der Waals surface area (Å²) in [6, 6.07) is 32.7. The van der Waals surface area contributed by atoms with E-state index in [9.17, 15) is 57.5 Å². The monoisotopic (exact) mass is 1660 g/mol. The molecule has 0 bridgehead atoms. The lowest BCUT2D eigenvalue weighted by Crippen LogP contribution is -2.63. The van der Waals surface area contributed by atoms with Gasteiger partial charge in [0.25, 0.3) is 0 Å². The number of esters is 2. The van der Waals surface area contributed by atoms with Crippen LogP contribution in [0.3, 0.4) is 0 Å². The molecule has 4 aromatic carbocycles. The summed E-state index contributed by atoms with van der Waals surface area (Å²) >= 11 is 0. The van der Waals surface area contributed by atoms with Crippen molar-refractivity contribution in [2.24, 2.45) is 29.2 Å². The summed E-state index contributed by atoms with van der Waals surface area (Å²) in [7, 11) is 2.48. The molecule has 8 amide bonds. The van der Waals surface area contributed by atoms with Crippen molar-refractivity contribution in [2.45, 2.75) is 230 Å². The van der Waals surface area contributed by atoms with Crippen LogP contribution in [0.5, 0.6) is 0 Å². The van der Waals surface area contributed by atoms with Crippen molar-refractivity contribution in [1.29, 1.82) is 0 Å². The Morgan fingerprint density at radius 1 is 0.458 bits per heavy atom. The summed E-state index contributed by atoms with van der Waals surface area (Å²) in [4.78, 5) is 183. The zero-order valence-corrected chi connectivity index (χ0v) is 71.0. The lowest BCUT2D eigenvalue weighted by atomic mass is 9.87. The summed E-state index contributed by atoms with van der Waals surface area (Å²) < 4.78 is 20.7. The van der Waals surface area contributed by atoms with Crippen molar-refractivity contribution in [3.8, 4) is 0 Å². The predicted molar refractivity (Wildman–Crippen MR) is 451 cm³/mol. The second kappa shape index (κ2) is 46.1. The Morgan fingerprint density at radius 2 is 0.817 bits per heavy atom. The standard InChI is InChI=1S/C50H69N7O10.C39H52N8O6/c1-10-11-22-37(30-40(58)38(28-35-20-16-13-17-21-35)53-41(59)33(2)27-34-18-14-12-15-19-34)42(60)54-39(29-36-31-51-45(52-32-36)55-46(63)66-48(3,4)5)43(61)57-25-23-50(24-26-57,44(62)65-9)56-47(64)67-49(6,7)8;1-3-4-15-29(23-33(48)31(21-27-13-9-6-10-14-27)45-35(50)30(40)20-26-11-7-5-8-12-26)34(49)46-32(22-28-24-43-38(41)44-25-28)36(51)47-18-16-39(42,17-19-47)37(52)53-2/h12-21,31-33,37-39H,10-11,22-30H2,1-9H3,(H,53,59)(H,54,60)(H,56,64)(H,51,52,55,63);5-14,24-25,29-32H,3-4,15-23,40,42H2,1-2H3,(H,45,50)(H,46,49)(H2,41,43,44)/t33-,37+,38-,39-;29-,30+,31+,32+/m10/s1. The molecule has 0 saturated carbocycles. The Balaban J connectivity index is 0.000000340. The zero-order valence-electron chi connectivity index (χ0n) is 71.0. The van der Waals surface area contributed by atoms with Crippen LogP contribution in [0.25, 0.3) is 0 Å². The number of carbonyl (C=O) groups excluding carboxylic acids is 12. The van der Waals surface area contributed by atoms with Crippen LogP contribution < -0.4 is 49.1 Å². The molecule has 8 atom stereocenters. The number of ether oxygens (including phenoxy) is 4. The molecule has 31 nitrogen and oxygen atoms in total. The van der Waals surface area contributed by atoms with Crippen molar-refractivity contribution in [3.63, 3.8) is 0 Å². The third-order valence-corrected chi connectivity index (χ3v) is 20.8. The van der Waals surface area contributed by atoms with Gasteiger partial charge in [-0.05, 0) is 139 Å². The molecule has 0 unspecified atom stereocenters. The Hall–Kier alpha value is -11.6.